The molecule has 0 spiro atoms. The zero-order chi connectivity index (χ0) is 7.98. The molecule has 3 nitrogen and oxygen atoms in total. The molecular formula is C7H11NO2. The summed E-state index contributed by atoms with van der Waals surface area (Å²) in [4.78, 5) is 19.4. The minimum Gasteiger partial charge on any atom is -0.346 e. The van der Waals surface area contributed by atoms with Crippen molar-refractivity contribution >= 4 is 11.7 Å². The summed E-state index contributed by atoms with van der Waals surface area (Å²) >= 11 is 0. The van der Waals surface area contributed by atoms with Gasteiger partial charge in [-0.1, -0.05) is 6.08 Å². The minimum atomic E-state index is 0.167. The second-order valence-electron chi connectivity index (χ2n) is 1.97. The molecule has 1 saturated heterocycles. The quantitative estimate of drug-likeness (QED) is 0.443. The number of Topliss-reactive ketones (excluding diaryl/α,β-unsaturated/α-hetero) is 1. The minimum absolute atomic E-state index is 0.167. The van der Waals surface area contributed by atoms with Gasteiger partial charge in [0, 0.05) is 6.42 Å². The van der Waals surface area contributed by atoms with E-state index in [1.54, 1.807) is 13.0 Å². The number of ketones is 1. The molecule has 0 atom stereocenters. The number of allylic oxidation sites excluding steroid dienone is 1. The van der Waals surface area contributed by atoms with Crippen LogP contribution in [0.4, 0.5) is 0 Å². The molecule has 1 rings (SSSR count). The molecule has 0 radical (unpaired) electrons. The number of rotatable bonds is 2. The first kappa shape index (κ1) is 8.88. The molecule has 3 heteroatoms. The third kappa shape index (κ3) is 9.99. The molecule has 1 aliphatic rings. The number of carbonyl (C=O) groups is 2. The van der Waals surface area contributed by atoms with E-state index in [2.05, 4.69) is 11.9 Å². The Morgan fingerprint density at radius 1 is 1.90 bits per heavy atom. The van der Waals surface area contributed by atoms with Gasteiger partial charge in [0.2, 0.25) is 5.91 Å². The highest BCUT2D eigenvalue weighted by atomic mass is 16.2. The fourth-order valence-corrected chi connectivity index (χ4v) is 0.239. The first-order valence-corrected chi connectivity index (χ1v) is 3.04. The van der Waals surface area contributed by atoms with Gasteiger partial charge >= 0.3 is 0 Å². The van der Waals surface area contributed by atoms with E-state index in [-0.39, 0.29) is 11.7 Å². The molecule has 1 heterocycles. The van der Waals surface area contributed by atoms with Crippen LogP contribution in [0, 0.1) is 0 Å². The monoisotopic (exact) mass is 141 g/mol. The van der Waals surface area contributed by atoms with E-state index in [9.17, 15) is 9.59 Å². The maximum Gasteiger partial charge on any atom is 0.239 e. The number of hydrogen-bond acceptors (Lipinski definition) is 2. The Morgan fingerprint density at radius 3 is 2.30 bits per heavy atom. The highest BCUT2D eigenvalue weighted by molar-refractivity contribution is 5.91. The van der Waals surface area contributed by atoms with E-state index in [1.165, 1.54) is 0 Å². The van der Waals surface area contributed by atoms with Gasteiger partial charge in [0.25, 0.3) is 0 Å². The van der Waals surface area contributed by atoms with Crippen LogP contribution in [0.15, 0.2) is 12.7 Å². The molecule has 1 amide bonds. The topological polar surface area (TPSA) is 56.1 Å². The lowest BCUT2D eigenvalue weighted by molar-refractivity contribution is -0.116. The zero-order valence-corrected chi connectivity index (χ0v) is 6.02. The molecule has 1 N–H and O–H groups in total. The van der Waals surface area contributed by atoms with Gasteiger partial charge in [-0.3, -0.25) is 9.59 Å². The summed E-state index contributed by atoms with van der Waals surface area (Å²) in [5, 5.41) is 2.46. The van der Waals surface area contributed by atoms with Crippen LogP contribution in [-0.4, -0.2) is 18.2 Å². The Bertz CT molecular complexity index is 146. The Kier molecular flexibility index (Phi) is 4.20. The normalized spacial score (nSPS) is 12.3. The molecule has 0 unspecified atom stereocenters. The summed E-state index contributed by atoms with van der Waals surface area (Å²) in [6.07, 6.45) is 2.10. The fourth-order valence-electron chi connectivity index (χ4n) is 0.239. The molecule has 1 aliphatic heterocycles. The highest BCUT2D eigenvalue weighted by Gasteiger charge is 2.10. The van der Waals surface area contributed by atoms with Gasteiger partial charge in [-0.15, -0.1) is 6.58 Å². The van der Waals surface area contributed by atoms with Crippen molar-refractivity contribution in [3.63, 3.8) is 0 Å². The maximum absolute atomic E-state index is 9.97. The predicted molar refractivity (Wildman–Crippen MR) is 38.5 cm³/mol. The molecule has 0 aliphatic carbocycles. The summed E-state index contributed by atoms with van der Waals surface area (Å²) < 4.78 is 0. The van der Waals surface area contributed by atoms with E-state index in [4.69, 9.17) is 0 Å². The van der Waals surface area contributed by atoms with Crippen molar-refractivity contribution in [1.29, 1.82) is 0 Å². The molecule has 0 aromatic rings. The van der Waals surface area contributed by atoms with Gasteiger partial charge in [0.05, 0.1) is 6.54 Å². The van der Waals surface area contributed by atoms with Crippen molar-refractivity contribution in [2.75, 3.05) is 6.54 Å². The lowest BCUT2D eigenvalue weighted by atomic mass is 10.3. The molecule has 56 valence electrons. The van der Waals surface area contributed by atoms with Crippen molar-refractivity contribution in [2.24, 2.45) is 0 Å². The van der Waals surface area contributed by atoms with Crippen LogP contribution in [0.2, 0.25) is 0 Å². The molecule has 10 heavy (non-hydrogen) atoms. The Morgan fingerprint density at radius 2 is 2.30 bits per heavy atom. The Hall–Kier alpha value is -1.12. The first-order chi connectivity index (χ1) is 4.66. The van der Waals surface area contributed by atoms with E-state index < -0.39 is 0 Å². The summed E-state index contributed by atoms with van der Waals surface area (Å²) in [7, 11) is 0. The Labute approximate surface area is 60.1 Å². The van der Waals surface area contributed by atoms with Crippen LogP contribution in [0.3, 0.4) is 0 Å². The number of carbonyl (C=O) groups excluding carboxylic acids is 2. The average Bonchev–Trinajstić information content (AvgIpc) is 2.52. The molecule has 0 aromatic carbocycles. The number of hydrogen-bond donors (Lipinski definition) is 1. The van der Waals surface area contributed by atoms with Gasteiger partial charge in [-0.25, -0.2) is 0 Å². The van der Waals surface area contributed by atoms with Crippen LogP contribution in [-0.2, 0) is 9.59 Å². The van der Waals surface area contributed by atoms with Crippen LogP contribution < -0.4 is 5.32 Å². The molecule has 0 aromatic heterocycles. The van der Waals surface area contributed by atoms with Gasteiger partial charge in [0.1, 0.15) is 5.78 Å². The summed E-state index contributed by atoms with van der Waals surface area (Å²) in [6, 6.07) is 0. The van der Waals surface area contributed by atoms with Crippen molar-refractivity contribution in [3.8, 4) is 0 Å². The molecule has 0 bridgehead atoms. The van der Waals surface area contributed by atoms with Gasteiger partial charge < -0.3 is 5.32 Å². The van der Waals surface area contributed by atoms with E-state index in [0.29, 0.717) is 13.0 Å². The van der Waals surface area contributed by atoms with Crippen LogP contribution >= 0.6 is 0 Å². The highest BCUT2D eigenvalue weighted by Crippen LogP contribution is 1.77. The molecule has 1 fully saturated rings. The van der Waals surface area contributed by atoms with Gasteiger partial charge in [-0.05, 0) is 6.92 Å². The largest absolute Gasteiger partial charge is 0.346 e. The van der Waals surface area contributed by atoms with E-state index in [0.717, 1.165) is 0 Å². The Balaban J connectivity index is 0.000000172. The SMILES string of the molecule is C=CCC(C)=O.O=C1CN1. The van der Waals surface area contributed by atoms with Gasteiger partial charge in [-0.2, -0.15) is 0 Å². The third-order valence-electron chi connectivity index (χ3n) is 0.753. The second-order valence-corrected chi connectivity index (χ2v) is 1.97. The number of amides is 1. The summed E-state index contributed by atoms with van der Waals surface area (Å²) in [5.74, 6) is 0.338. The lowest BCUT2D eigenvalue weighted by Gasteiger charge is -1.75. The fraction of sp³-hybridized carbons (Fsp3) is 0.429. The molecular weight excluding hydrogens is 130 g/mol. The smallest absolute Gasteiger partial charge is 0.239 e. The second kappa shape index (κ2) is 4.73. The van der Waals surface area contributed by atoms with Crippen molar-refractivity contribution in [3.05, 3.63) is 12.7 Å². The van der Waals surface area contributed by atoms with Crippen LogP contribution in [0.1, 0.15) is 13.3 Å². The van der Waals surface area contributed by atoms with Crippen LogP contribution in [0.25, 0.3) is 0 Å². The third-order valence-corrected chi connectivity index (χ3v) is 0.753. The number of nitrogens with one attached hydrogen (secondary N) is 1. The van der Waals surface area contributed by atoms with Crippen molar-refractivity contribution in [1.82, 2.24) is 5.32 Å². The van der Waals surface area contributed by atoms with Gasteiger partial charge in [0.15, 0.2) is 0 Å². The zero-order valence-electron chi connectivity index (χ0n) is 6.02. The lowest BCUT2D eigenvalue weighted by Crippen LogP contribution is -1.81. The van der Waals surface area contributed by atoms with E-state index >= 15 is 0 Å². The van der Waals surface area contributed by atoms with Crippen LogP contribution in [0.5, 0.6) is 0 Å². The summed E-state index contributed by atoms with van der Waals surface area (Å²) in [5.41, 5.74) is 0. The van der Waals surface area contributed by atoms with Crippen molar-refractivity contribution < 1.29 is 9.59 Å². The average molecular weight is 141 g/mol. The summed E-state index contributed by atoms with van der Waals surface area (Å²) in [6.45, 7) is 5.52. The van der Waals surface area contributed by atoms with Crippen molar-refractivity contribution in [2.45, 2.75) is 13.3 Å². The predicted octanol–water partition coefficient (Wildman–Crippen LogP) is 0.268. The first-order valence-electron chi connectivity index (χ1n) is 3.04. The molecule has 0 saturated carbocycles. The standard InChI is InChI=1S/C5H8O.C2H3NO/c1-3-4-5(2)6;4-2-1-3-2/h3H,1,4H2,2H3;1H2,(H,3,4). The maximum atomic E-state index is 9.97. The van der Waals surface area contributed by atoms with E-state index in [1.807, 2.05) is 0 Å².